The molecule has 0 fully saturated rings. The van der Waals surface area contributed by atoms with Gasteiger partial charge in [0.2, 0.25) is 5.91 Å². The number of hydrogen-bond donors (Lipinski definition) is 3. The highest BCUT2D eigenvalue weighted by Crippen LogP contribution is 2.30. The second-order valence-electron chi connectivity index (χ2n) is 10.7. The molecule has 6 nitrogen and oxygen atoms in total. The molecule has 1 unspecified atom stereocenters. The molecule has 196 valence electrons. The monoisotopic (exact) mass is 542 g/mol. The summed E-state index contributed by atoms with van der Waals surface area (Å²) in [5.41, 5.74) is 10.7. The average Bonchev–Trinajstić information content (AvgIpc) is 3.43. The summed E-state index contributed by atoms with van der Waals surface area (Å²) in [4.78, 5) is 31.3. The molecule has 0 bridgehead atoms. The summed E-state index contributed by atoms with van der Waals surface area (Å²) in [6.07, 6.45) is 4.26. The smallest absolute Gasteiger partial charge is 0.255 e. The summed E-state index contributed by atoms with van der Waals surface area (Å²) in [6, 6.07) is 21.8. The highest BCUT2D eigenvalue weighted by molar-refractivity contribution is 7.13. The van der Waals surface area contributed by atoms with Crippen LogP contribution in [-0.4, -0.2) is 24.9 Å². The lowest BCUT2D eigenvalue weighted by Crippen LogP contribution is -2.36. The zero-order chi connectivity index (χ0) is 27.1. The number of carbonyl (C=O) groups excluding carboxylic acids is 2. The molecule has 4 N–H and O–H groups in total. The first-order valence-corrected chi connectivity index (χ1v) is 17.3. The van der Waals surface area contributed by atoms with Crippen molar-refractivity contribution in [2.75, 3.05) is 11.1 Å². The number of carbonyl (C=O) groups is 2. The van der Waals surface area contributed by atoms with E-state index in [0.717, 1.165) is 27.6 Å². The number of nitrogens with two attached hydrogens (primary N) is 1. The van der Waals surface area contributed by atoms with E-state index in [1.165, 1.54) is 0 Å². The molecule has 38 heavy (non-hydrogen) atoms. The summed E-state index contributed by atoms with van der Waals surface area (Å²) in [7, 11) is -1.46. The number of thiophene rings is 1. The highest BCUT2D eigenvalue weighted by Gasteiger charge is 2.26. The van der Waals surface area contributed by atoms with Gasteiger partial charge in [-0.05, 0) is 70.9 Å². The predicted molar refractivity (Wildman–Crippen MR) is 160 cm³/mol. The van der Waals surface area contributed by atoms with Crippen molar-refractivity contribution >= 4 is 42.6 Å². The Kier molecular flexibility index (Phi) is 8.76. The van der Waals surface area contributed by atoms with Crippen LogP contribution in [0.4, 0.5) is 11.4 Å². The van der Waals surface area contributed by atoms with Crippen LogP contribution in [0, 0.1) is 5.92 Å². The molecule has 1 atom stereocenters. The van der Waals surface area contributed by atoms with E-state index in [9.17, 15) is 9.59 Å². The Morgan fingerprint density at radius 1 is 1.00 bits per heavy atom. The van der Waals surface area contributed by atoms with E-state index in [4.69, 9.17) is 5.73 Å². The van der Waals surface area contributed by atoms with E-state index < -0.39 is 8.07 Å². The van der Waals surface area contributed by atoms with Crippen molar-refractivity contribution in [1.82, 2.24) is 10.3 Å². The first-order valence-electron chi connectivity index (χ1n) is 12.7. The van der Waals surface area contributed by atoms with Crippen LogP contribution in [0.5, 0.6) is 0 Å². The van der Waals surface area contributed by atoms with Gasteiger partial charge in [0.05, 0.1) is 11.4 Å². The Morgan fingerprint density at radius 2 is 1.79 bits per heavy atom. The number of nitrogen functional groups attached to an aromatic ring is 1. The Labute approximate surface area is 229 Å². The molecular weight excluding hydrogens is 509 g/mol. The maximum absolute atomic E-state index is 13.1. The lowest BCUT2D eigenvalue weighted by atomic mass is 10.0. The maximum Gasteiger partial charge on any atom is 0.255 e. The number of aromatic nitrogens is 1. The number of anilines is 2. The van der Waals surface area contributed by atoms with Crippen LogP contribution in [-0.2, 0) is 17.8 Å². The average molecular weight is 543 g/mol. The van der Waals surface area contributed by atoms with Gasteiger partial charge in [0.15, 0.2) is 0 Å². The minimum Gasteiger partial charge on any atom is -0.397 e. The third-order valence-corrected chi connectivity index (χ3v) is 8.86. The molecule has 4 rings (SSSR count). The Bertz CT molecular complexity index is 1370. The van der Waals surface area contributed by atoms with Gasteiger partial charge in [-0.1, -0.05) is 50.0 Å². The zero-order valence-electron chi connectivity index (χ0n) is 22.0. The Morgan fingerprint density at radius 3 is 2.45 bits per heavy atom. The lowest BCUT2D eigenvalue weighted by Gasteiger charge is -2.24. The lowest BCUT2D eigenvalue weighted by molar-refractivity contribution is -0.124. The molecule has 0 radical (unpaired) electrons. The van der Waals surface area contributed by atoms with Crippen LogP contribution in [0.25, 0.3) is 10.4 Å². The summed E-state index contributed by atoms with van der Waals surface area (Å²) in [5.74, 6) is -0.271. The number of nitrogens with one attached hydrogen (secondary N) is 2. The summed E-state index contributed by atoms with van der Waals surface area (Å²) < 4.78 is 0. The van der Waals surface area contributed by atoms with Crippen molar-refractivity contribution in [2.24, 2.45) is 5.92 Å². The van der Waals surface area contributed by atoms with Crippen LogP contribution >= 0.6 is 11.3 Å². The molecular formula is C30H34N4O2SSi. The fraction of sp³-hybridized carbons (Fsp3) is 0.233. The molecule has 2 aromatic carbocycles. The number of nitrogens with zero attached hydrogens (tertiary/aromatic N) is 1. The third kappa shape index (κ3) is 7.63. The van der Waals surface area contributed by atoms with Crippen LogP contribution in [0.2, 0.25) is 25.7 Å². The van der Waals surface area contributed by atoms with Gasteiger partial charge in [-0.2, -0.15) is 0 Å². The summed E-state index contributed by atoms with van der Waals surface area (Å²) in [5, 5.41) is 8.05. The van der Waals surface area contributed by atoms with Crippen molar-refractivity contribution in [3.63, 3.8) is 0 Å². The highest BCUT2D eigenvalue weighted by atomic mass is 32.1. The molecule has 0 spiro atoms. The van der Waals surface area contributed by atoms with E-state index >= 15 is 0 Å². The number of hydrogen-bond acceptors (Lipinski definition) is 5. The molecule has 2 heterocycles. The third-order valence-electron chi connectivity index (χ3n) is 6.22. The summed E-state index contributed by atoms with van der Waals surface area (Å²) >= 11 is 1.63. The molecule has 2 amide bonds. The molecule has 0 aliphatic carbocycles. The van der Waals surface area contributed by atoms with Gasteiger partial charge >= 0.3 is 0 Å². The van der Waals surface area contributed by atoms with Crippen molar-refractivity contribution in [3.05, 3.63) is 101 Å². The number of pyridine rings is 1. The van der Waals surface area contributed by atoms with E-state index in [-0.39, 0.29) is 17.7 Å². The van der Waals surface area contributed by atoms with E-state index in [2.05, 4.69) is 35.3 Å². The van der Waals surface area contributed by atoms with Gasteiger partial charge in [-0.25, -0.2) is 0 Å². The number of benzene rings is 2. The second kappa shape index (κ2) is 12.2. The standard InChI is InChI=1S/C30H34N4O2SSi/c1-38(2,3)20-25(16-22-6-4-14-32-18-22)29(35)33-19-21-8-10-23(11-9-21)30(36)34-27-17-24(12-13-26(27)31)28-7-5-15-37-28/h4-15,17-18,25H,16,19-20,31H2,1-3H3,(H,33,35)(H,34,36). The maximum atomic E-state index is 13.1. The van der Waals surface area contributed by atoms with Gasteiger partial charge < -0.3 is 16.4 Å². The molecule has 0 aliphatic heterocycles. The van der Waals surface area contributed by atoms with Crippen LogP contribution in [0.15, 0.2) is 84.5 Å². The zero-order valence-corrected chi connectivity index (χ0v) is 23.8. The van der Waals surface area contributed by atoms with Gasteiger partial charge in [0.1, 0.15) is 0 Å². The normalized spacial score (nSPS) is 12.1. The minimum atomic E-state index is -1.46. The number of rotatable bonds is 10. The molecule has 0 saturated heterocycles. The molecule has 0 saturated carbocycles. The molecule has 4 aromatic rings. The van der Waals surface area contributed by atoms with Crippen molar-refractivity contribution < 1.29 is 9.59 Å². The Balaban J connectivity index is 1.37. The van der Waals surface area contributed by atoms with Crippen molar-refractivity contribution in [1.29, 1.82) is 0 Å². The van der Waals surface area contributed by atoms with E-state index in [1.54, 1.807) is 35.7 Å². The van der Waals surface area contributed by atoms with Gasteiger partial charge in [0.25, 0.3) is 5.91 Å². The van der Waals surface area contributed by atoms with Gasteiger partial charge in [-0.15, -0.1) is 11.3 Å². The van der Waals surface area contributed by atoms with Crippen molar-refractivity contribution in [2.45, 2.75) is 38.7 Å². The van der Waals surface area contributed by atoms with Crippen LogP contribution in [0.1, 0.15) is 21.5 Å². The largest absolute Gasteiger partial charge is 0.397 e. The van der Waals surface area contributed by atoms with Crippen molar-refractivity contribution in [3.8, 4) is 10.4 Å². The fourth-order valence-corrected chi connectivity index (χ4v) is 6.89. The molecule has 8 heteroatoms. The van der Waals surface area contributed by atoms with E-state index in [0.29, 0.717) is 29.9 Å². The first-order chi connectivity index (χ1) is 18.2. The molecule has 2 aromatic heterocycles. The van der Waals surface area contributed by atoms with Crippen LogP contribution in [0.3, 0.4) is 0 Å². The predicted octanol–water partition coefficient (Wildman–Crippen LogP) is 6.46. The first kappa shape index (κ1) is 27.3. The molecule has 0 aliphatic rings. The quantitative estimate of drug-likeness (QED) is 0.158. The fourth-order valence-electron chi connectivity index (χ4n) is 4.36. The summed E-state index contributed by atoms with van der Waals surface area (Å²) in [6.45, 7) is 7.26. The van der Waals surface area contributed by atoms with E-state index in [1.807, 2.05) is 60.1 Å². The second-order valence-corrected chi connectivity index (χ2v) is 17.2. The van der Waals surface area contributed by atoms with Gasteiger partial charge in [0, 0.05) is 43.4 Å². The van der Waals surface area contributed by atoms with Gasteiger partial charge in [-0.3, -0.25) is 14.6 Å². The topological polar surface area (TPSA) is 97.1 Å². The SMILES string of the molecule is C[Si](C)(C)CC(Cc1cccnc1)C(=O)NCc1ccc(C(=O)Nc2cc(-c3cccs3)ccc2N)cc1. The number of amides is 2. The minimum absolute atomic E-state index is 0.0548. The van der Waals surface area contributed by atoms with Crippen LogP contribution < -0.4 is 16.4 Å². The Hall–Kier alpha value is -3.75.